The van der Waals surface area contributed by atoms with Crippen molar-refractivity contribution in [2.45, 2.75) is 26.8 Å². The number of carbonyl (C=O) groups excluding carboxylic acids is 1. The van der Waals surface area contributed by atoms with Gasteiger partial charge in [-0.25, -0.2) is 19.3 Å². The van der Waals surface area contributed by atoms with Crippen LogP contribution in [0.1, 0.15) is 20.8 Å². The smallest absolute Gasteiger partial charge is 0.242 e. The zero-order chi connectivity index (χ0) is 19.6. The zero-order valence-electron chi connectivity index (χ0n) is 15.2. The molecule has 3 rings (SSSR count). The molecule has 3 heterocycles. The molecule has 3 aromatic heterocycles. The number of nitrogens with one attached hydrogen (secondary N) is 3. The monoisotopic (exact) mass is 390 g/mol. The number of rotatable bonds is 6. The van der Waals surface area contributed by atoms with E-state index in [0.717, 1.165) is 11.6 Å². The van der Waals surface area contributed by atoms with E-state index in [1.165, 1.54) is 6.20 Å². The summed E-state index contributed by atoms with van der Waals surface area (Å²) in [6, 6.07) is 1.08. The number of H-pyrrole nitrogens is 1. The average Bonchev–Trinajstić information content (AvgIpc) is 3.04. The van der Waals surface area contributed by atoms with Crippen LogP contribution in [0.4, 0.5) is 10.2 Å². The van der Waals surface area contributed by atoms with Gasteiger partial charge in [-0.05, 0) is 18.9 Å². The summed E-state index contributed by atoms with van der Waals surface area (Å²) < 4.78 is 14.2. The van der Waals surface area contributed by atoms with E-state index in [1.807, 2.05) is 13.8 Å². The van der Waals surface area contributed by atoms with E-state index in [4.69, 9.17) is 11.6 Å². The Morgan fingerprint density at radius 1 is 1.30 bits per heavy atom. The van der Waals surface area contributed by atoms with Crippen molar-refractivity contribution in [3.8, 4) is 11.4 Å². The lowest BCUT2D eigenvalue weighted by atomic mass is 10.2. The first kappa shape index (κ1) is 19.0. The average molecular weight is 391 g/mol. The number of halogens is 2. The van der Waals surface area contributed by atoms with Gasteiger partial charge >= 0.3 is 0 Å². The second kappa shape index (κ2) is 7.87. The third-order valence-corrected chi connectivity index (χ3v) is 4.12. The van der Waals surface area contributed by atoms with Crippen molar-refractivity contribution in [1.29, 1.82) is 0 Å². The molecule has 27 heavy (non-hydrogen) atoms. The first-order chi connectivity index (χ1) is 12.8. The summed E-state index contributed by atoms with van der Waals surface area (Å²) in [5, 5.41) is 6.80. The second-order valence-electron chi connectivity index (χ2n) is 6.65. The number of aromatic amines is 1. The number of aromatic nitrogens is 4. The highest BCUT2D eigenvalue weighted by molar-refractivity contribution is 6.31. The number of anilines is 1. The highest BCUT2D eigenvalue weighted by Crippen LogP contribution is 2.28. The number of carbonyl (C=O) groups is 1. The fraction of sp³-hybridized carbons (Fsp3) is 0.333. The third kappa shape index (κ3) is 4.33. The molecule has 0 spiro atoms. The minimum Gasteiger partial charge on any atom is -0.356 e. The van der Waals surface area contributed by atoms with E-state index in [-0.39, 0.29) is 11.7 Å². The van der Waals surface area contributed by atoms with Gasteiger partial charge in [0.15, 0.2) is 17.5 Å². The fourth-order valence-electron chi connectivity index (χ4n) is 2.49. The van der Waals surface area contributed by atoms with E-state index in [1.54, 1.807) is 19.2 Å². The Bertz CT molecular complexity index is 974. The molecule has 0 saturated heterocycles. The molecule has 0 aliphatic rings. The molecule has 0 fully saturated rings. The molecular formula is C18H20ClFN6O. The maximum absolute atomic E-state index is 14.2. The van der Waals surface area contributed by atoms with Crippen molar-refractivity contribution in [2.24, 2.45) is 5.92 Å². The molecule has 0 aliphatic carbocycles. The molecule has 3 aromatic rings. The van der Waals surface area contributed by atoms with Gasteiger partial charge in [-0.2, -0.15) is 0 Å². The SMILES string of the molecule is CC(C)CNC(=O)[C@H](C)Nc1nc(-c2c[nH]c3ncc(Cl)cc23)ncc1F. The second-order valence-corrected chi connectivity index (χ2v) is 7.08. The molecule has 0 radical (unpaired) electrons. The van der Waals surface area contributed by atoms with E-state index in [2.05, 4.69) is 30.6 Å². The Labute approximate surface area is 160 Å². The van der Waals surface area contributed by atoms with Crippen molar-refractivity contribution in [2.75, 3.05) is 11.9 Å². The molecule has 0 aliphatic heterocycles. The molecule has 0 aromatic carbocycles. The highest BCUT2D eigenvalue weighted by atomic mass is 35.5. The topological polar surface area (TPSA) is 95.6 Å². The molecule has 142 valence electrons. The van der Waals surface area contributed by atoms with Crippen LogP contribution in [0, 0.1) is 11.7 Å². The predicted octanol–water partition coefficient (Wildman–Crippen LogP) is 3.39. The Balaban J connectivity index is 1.86. The van der Waals surface area contributed by atoms with E-state index in [0.29, 0.717) is 34.5 Å². The van der Waals surface area contributed by atoms with Crippen molar-refractivity contribution >= 4 is 34.4 Å². The largest absolute Gasteiger partial charge is 0.356 e. The Morgan fingerprint density at radius 2 is 2.07 bits per heavy atom. The van der Waals surface area contributed by atoms with Gasteiger partial charge < -0.3 is 15.6 Å². The third-order valence-electron chi connectivity index (χ3n) is 3.91. The van der Waals surface area contributed by atoms with Crippen molar-refractivity contribution < 1.29 is 9.18 Å². The highest BCUT2D eigenvalue weighted by Gasteiger charge is 2.18. The molecular weight excluding hydrogens is 371 g/mol. The number of hydrogen-bond donors (Lipinski definition) is 3. The standard InChI is InChI=1S/C18H20ClFN6O/c1-9(2)5-24-18(27)10(3)25-17-14(20)8-23-16(26-17)13-7-22-15-12(13)4-11(19)6-21-15/h4,6-10H,5H2,1-3H3,(H,21,22)(H,24,27)(H,23,25,26)/t10-/m0/s1. The van der Waals surface area contributed by atoms with E-state index in [9.17, 15) is 9.18 Å². The molecule has 7 nitrogen and oxygen atoms in total. The Morgan fingerprint density at radius 3 is 2.81 bits per heavy atom. The molecule has 9 heteroatoms. The summed E-state index contributed by atoms with van der Waals surface area (Å²) in [6.07, 6.45) is 4.28. The quantitative estimate of drug-likeness (QED) is 0.599. The van der Waals surface area contributed by atoms with Gasteiger partial charge in [0.2, 0.25) is 5.91 Å². The maximum atomic E-state index is 14.2. The Kier molecular flexibility index (Phi) is 5.55. The summed E-state index contributed by atoms with van der Waals surface area (Å²) in [4.78, 5) is 27.6. The van der Waals surface area contributed by atoms with Crippen LogP contribution in [0.2, 0.25) is 5.02 Å². The summed E-state index contributed by atoms with van der Waals surface area (Å²) >= 11 is 6.01. The fourth-order valence-corrected chi connectivity index (χ4v) is 2.65. The number of hydrogen-bond acceptors (Lipinski definition) is 5. The lowest BCUT2D eigenvalue weighted by Gasteiger charge is -2.16. The van der Waals surface area contributed by atoms with E-state index < -0.39 is 11.9 Å². The van der Waals surface area contributed by atoms with Crippen LogP contribution >= 0.6 is 11.6 Å². The summed E-state index contributed by atoms with van der Waals surface area (Å²) in [5.41, 5.74) is 1.26. The molecule has 0 unspecified atom stereocenters. The van der Waals surface area contributed by atoms with Crippen LogP contribution in [0.3, 0.4) is 0 Å². The summed E-state index contributed by atoms with van der Waals surface area (Å²) in [5.74, 6) is -0.295. The van der Waals surface area contributed by atoms with Gasteiger partial charge in [0, 0.05) is 29.9 Å². The van der Waals surface area contributed by atoms with Gasteiger partial charge in [-0.15, -0.1) is 0 Å². The molecule has 3 N–H and O–H groups in total. The maximum Gasteiger partial charge on any atom is 0.242 e. The number of fused-ring (bicyclic) bond motifs is 1. The Hall–Kier alpha value is -2.74. The van der Waals surface area contributed by atoms with Gasteiger partial charge in [-0.3, -0.25) is 4.79 Å². The first-order valence-corrected chi connectivity index (χ1v) is 8.92. The van der Waals surface area contributed by atoms with Crippen LogP contribution in [-0.2, 0) is 4.79 Å². The van der Waals surface area contributed by atoms with Gasteiger partial charge in [0.05, 0.1) is 11.2 Å². The normalized spacial score (nSPS) is 12.4. The van der Waals surface area contributed by atoms with Crippen LogP contribution in [0.15, 0.2) is 24.7 Å². The van der Waals surface area contributed by atoms with Crippen molar-refractivity contribution in [1.82, 2.24) is 25.3 Å². The molecule has 1 atom stereocenters. The number of pyridine rings is 1. The predicted molar refractivity (Wildman–Crippen MR) is 103 cm³/mol. The molecule has 0 bridgehead atoms. The minimum absolute atomic E-state index is 0.0449. The van der Waals surface area contributed by atoms with Crippen LogP contribution in [0.5, 0.6) is 0 Å². The van der Waals surface area contributed by atoms with Crippen molar-refractivity contribution in [3.63, 3.8) is 0 Å². The summed E-state index contributed by atoms with van der Waals surface area (Å²) in [7, 11) is 0. The minimum atomic E-state index is -0.653. The van der Waals surface area contributed by atoms with Crippen molar-refractivity contribution in [3.05, 3.63) is 35.5 Å². The molecule has 0 saturated carbocycles. The van der Waals surface area contributed by atoms with Gasteiger partial charge in [-0.1, -0.05) is 25.4 Å². The first-order valence-electron chi connectivity index (χ1n) is 8.55. The van der Waals surface area contributed by atoms with E-state index >= 15 is 0 Å². The lowest BCUT2D eigenvalue weighted by molar-refractivity contribution is -0.121. The van der Waals surface area contributed by atoms with Gasteiger partial charge in [0.1, 0.15) is 11.7 Å². The van der Waals surface area contributed by atoms with Crippen LogP contribution < -0.4 is 10.6 Å². The van der Waals surface area contributed by atoms with Crippen LogP contribution in [0.25, 0.3) is 22.4 Å². The molecule has 1 amide bonds. The van der Waals surface area contributed by atoms with Gasteiger partial charge in [0.25, 0.3) is 0 Å². The number of nitrogens with zero attached hydrogens (tertiary/aromatic N) is 3. The van der Waals surface area contributed by atoms with Crippen LogP contribution in [-0.4, -0.2) is 38.4 Å². The zero-order valence-corrected chi connectivity index (χ0v) is 15.9. The lowest BCUT2D eigenvalue weighted by Crippen LogP contribution is -2.39. The summed E-state index contributed by atoms with van der Waals surface area (Å²) in [6.45, 7) is 6.19. The number of amides is 1.